The normalized spacial score (nSPS) is 11.2. The van der Waals surface area contributed by atoms with Crippen LogP contribution in [0.2, 0.25) is 0 Å². The van der Waals surface area contributed by atoms with Gasteiger partial charge in [0.15, 0.2) is 6.61 Å². The summed E-state index contributed by atoms with van der Waals surface area (Å²) in [6, 6.07) is 19.3. The summed E-state index contributed by atoms with van der Waals surface area (Å²) in [5.41, 5.74) is 4.64. The molecule has 1 N–H and O–H groups in total. The average Bonchev–Trinajstić information content (AvgIpc) is 2.77. The van der Waals surface area contributed by atoms with Crippen LogP contribution < -0.4 is 4.74 Å². The maximum Gasteiger partial charge on any atom is 0.341 e. The van der Waals surface area contributed by atoms with Crippen LogP contribution in [0.1, 0.15) is 28.7 Å². The van der Waals surface area contributed by atoms with Gasteiger partial charge in [-0.1, -0.05) is 47.6 Å². The van der Waals surface area contributed by atoms with Crippen LogP contribution in [0.5, 0.6) is 5.75 Å². The number of hydrogen-bond donors (Lipinski definition) is 1. The fourth-order valence-corrected chi connectivity index (χ4v) is 3.03. The summed E-state index contributed by atoms with van der Waals surface area (Å²) < 4.78 is 5.34. The van der Waals surface area contributed by atoms with Crippen molar-refractivity contribution < 1.29 is 19.5 Å². The van der Waals surface area contributed by atoms with Gasteiger partial charge in [-0.15, -0.1) is 0 Å². The molecule has 0 amide bonds. The van der Waals surface area contributed by atoms with Crippen molar-refractivity contribution in [2.45, 2.75) is 19.8 Å². The molecule has 1 aromatic heterocycles. The van der Waals surface area contributed by atoms with E-state index in [1.807, 2.05) is 61.5 Å². The quantitative estimate of drug-likeness (QED) is 0.310. The first-order valence-electron chi connectivity index (χ1n) is 9.74. The number of oxime groups is 1. The predicted molar refractivity (Wildman–Crippen MR) is 115 cm³/mol. The van der Waals surface area contributed by atoms with Gasteiger partial charge in [0.05, 0.1) is 0 Å². The van der Waals surface area contributed by atoms with Crippen LogP contribution in [0.15, 0.2) is 78.2 Å². The van der Waals surface area contributed by atoms with E-state index in [4.69, 9.17) is 14.7 Å². The number of hydrogen-bond acceptors (Lipinski definition) is 5. The second-order valence-corrected chi connectivity index (χ2v) is 6.71. The Kier molecular flexibility index (Phi) is 7.55. The van der Waals surface area contributed by atoms with Gasteiger partial charge in [0.1, 0.15) is 18.1 Å². The molecule has 0 radical (unpaired) electrons. The fourth-order valence-electron chi connectivity index (χ4n) is 3.03. The first kappa shape index (κ1) is 21.0. The average molecular weight is 404 g/mol. The van der Waals surface area contributed by atoms with Crippen molar-refractivity contribution in [2.75, 3.05) is 13.2 Å². The van der Waals surface area contributed by atoms with Crippen LogP contribution >= 0.6 is 0 Å². The third-order valence-electron chi connectivity index (χ3n) is 4.57. The van der Waals surface area contributed by atoms with Crippen molar-refractivity contribution in [3.8, 4) is 5.75 Å². The van der Waals surface area contributed by atoms with Gasteiger partial charge in [0, 0.05) is 23.5 Å². The maximum atomic E-state index is 10.7. The molecule has 1 heterocycles. The summed E-state index contributed by atoms with van der Waals surface area (Å²) in [6.45, 7) is 2.04. The van der Waals surface area contributed by atoms with Crippen molar-refractivity contribution in [2.24, 2.45) is 5.16 Å². The number of benzene rings is 2. The molecule has 0 fully saturated rings. The zero-order valence-corrected chi connectivity index (χ0v) is 16.8. The molecular formula is C24H24N2O4. The van der Waals surface area contributed by atoms with E-state index >= 15 is 0 Å². The van der Waals surface area contributed by atoms with E-state index in [1.54, 1.807) is 18.5 Å². The van der Waals surface area contributed by atoms with Crippen molar-refractivity contribution in [1.29, 1.82) is 0 Å². The monoisotopic (exact) mass is 404 g/mol. The second kappa shape index (κ2) is 10.8. The summed E-state index contributed by atoms with van der Waals surface area (Å²) in [4.78, 5) is 20.5. The summed E-state index contributed by atoms with van der Waals surface area (Å²) in [6.07, 6.45) is 5.03. The van der Waals surface area contributed by atoms with Crippen LogP contribution in [0.25, 0.3) is 0 Å². The Morgan fingerprint density at radius 2 is 1.83 bits per heavy atom. The topological polar surface area (TPSA) is 81.0 Å². The van der Waals surface area contributed by atoms with Gasteiger partial charge in [-0.2, -0.15) is 0 Å². The van der Waals surface area contributed by atoms with Gasteiger partial charge in [0.25, 0.3) is 0 Å². The minimum atomic E-state index is -0.992. The lowest BCUT2D eigenvalue weighted by Crippen LogP contribution is -2.10. The molecule has 6 nitrogen and oxygen atoms in total. The van der Waals surface area contributed by atoms with Gasteiger partial charge in [-0.05, 0) is 49.1 Å². The highest BCUT2D eigenvalue weighted by Gasteiger charge is 2.09. The van der Waals surface area contributed by atoms with E-state index in [9.17, 15) is 4.79 Å². The van der Waals surface area contributed by atoms with Crippen LogP contribution in [0.3, 0.4) is 0 Å². The van der Waals surface area contributed by atoms with Crippen LogP contribution in [0, 0.1) is 6.92 Å². The molecule has 3 aromatic rings. The molecule has 0 spiro atoms. The van der Waals surface area contributed by atoms with Gasteiger partial charge in [-0.25, -0.2) is 4.79 Å². The molecule has 6 heteroatoms. The highest BCUT2D eigenvalue weighted by Crippen LogP contribution is 2.22. The zero-order valence-electron chi connectivity index (χ0n) is 16.8. The number of aromatic nitrogens is 1. The van der Waals surface area contributed by atoms with E-state index in [1.165, 1.54) is 0 Å². The summed E-state index contributed by atoms with van der Waals surface area (Å²) in [5, 5.41) is 13.2. The molecule has 0 aliphatic carbocycles. The molecule has 0 saturated heterocycles. The SMILES string of the molecule is Cc1c(CCCO/N=C(/c2ccccc2)c2cccnc2)cccc1OCC(=O)O. The molecular weight excluding hydrogens is 380 g/mol. The Bertz CT molecular complexity index is 947. The molecule has 0 saturated carbocycles. The second-order valence-electron chi connectivity index (χ2n) is 6.71. The van der Waals surface area contributed by atoms with E-state index < -0.39 is 5.97 Å². The highest BCUT2D eigenvalue weighted by molar-refractivity contribution is 6.12. The lowest BCUT2D eigenvalue weighted by Gasteiger charge is -2.11. The molecule has 3 rings (SSSR count). The highest BCUT2D eigenvalue weighted by atomic mass is 16.6. The first-order chi connectivity index (χ1) is 14.6. The smallest absolute Gasteiger partial charge is 0.341 e. The number of carboxylic acids is 1. The van der Waals surface area contributed by atoms with Crippen molar-refractivity contribution in [3.63, 3.8) is 0 Å². The number of carbonyl (C=O) groups is 1. The van der Waals surface area contributed by atoms with E-state index in [-0.39, 0.29) is 6.61 Å². The third-order valence-corrected chi connectivity index (χ3v) is 4.57. The molecule has 0 atom stereocenters. The summed E-state index contributed by atoms with van der Waals surface area (Å²) in [7, 11) is 0. The summed E-state index contributed by atoms with van der Waals surface area (Å²) >= 11 is 0. The minimum absolute atomic E-state index is 0.348. The van der Waals surface area contributed by atoms with Crippen LogP contribution in [0.4, 0.5) is 0 Å². The Labute approximate surface area is 175 Å². The van der Waals surface area contributed by atoms with Gasteiger partial charge < -0.3 is 14.7 Å². The van der Waals surface area contributed by atoms with Crippen molar-refractivity contribution in [1.82, 2.24) is 4.98 Å². The molecule has 0 bridgehead atoms. The Morgan fingerprint density at radius 3 is 2.57 bits per heavy atom. The standard InChI is InChI=1S/C24H24N2O4/c1-18-19(10-5-13-22(18)29-17-23(27)28)12-7-15-30-26-24(20-8-3-2-4-9-20)21-11-6-14-25-16-21/h2-6,8-11,13-14,16H,7,12,15,17H2,1H3,(H,27,28)/b26-24-. The molecule has 0 unspecified atom stereocenters. The largest absolute Gasteiger partial charge is 0.482 e. The van der Waals surface area contributed by atoms with E-state index in [2.05, 4.69) is 10.1 Å². The van der Waals surface area contributed by atoms with Crippen LogP contribution in [-0.2, 0) is 16.1 Å². The minimum Gasteiger partial charge on any atom is -0.482 e. The molecule has 154 valence electrons. The molecule has 30 heavy (non-hydrogen) atoms. The number of aryl methyl sites for hydroxylation is 1. The molecule has 0 aliphatic rings. The molecule has 0 aliphatic heterocycles. The number of nitrogens with zero attached hydrogens (tertiary/aromatic N) is 2. The molecule has 2 aromatic carbocycles. The predicted octanol–water partition coefficient (Wildman–Crippen LogP) is 4.26. The van der Waals surface area contributed by atoms with Gasteiger partial charge >= 0.3 is 5.97 Å². The van der Waals surface area contributed by atoms with E-state index in [0.29, 0.717) is 12.4 Å². The number of carboxylic acid groups (broad SMARTS) is 1. The number of aliphatic carboxylic acids is 1. The van der Waals surface area contributed by atoms with Gasteiger partial charge in [-0.3, -0.25) is 4.98 Å². The van der Waals surface area contributed by atoms with Crippen molar-refractivity contribution in [3.05, 3.63) is 95.3 Å². The third kappa shape index (κ3) is 5.91. The van der Waals surface area contributed by atoms with Crippen molar-refractivity contribution >= 4 is 11.7 Å². The maximum absolute atomic E-state index is 10.7. The van der Waals surface area contributed by atoms with Gasteiger partial charge in [0.2, 0.25) is 0 Å². The number of ether oxygens (including phenoxy) is 1. The Morgan fingerprint density at radius 1 is 1.03 bits per heavy atom. The number of rotatable bonds is 10. The van der Waals surface area contributed by atoms with E-state index in [0.717, 1.165) is 40.8 Å². The Hall–Kier alpha value is -3.67. The lowest BCUT2D eigenvalue weighted by molar-refractivity contribution is -0.139. The lowest BCUT2D eigenvalue weighted by atomic mass is 10.0. The Balaban J connectivity index is 1.61. The summed E-state index contributed by atoms with van der Waals surface area (Å²) in [5.74, 6) is -0.398. The van der Waals surface area contributed by atoms with Crippen LogP contribution in [-0.4, -0.2) is 35.0 Å². The zero-order chi connectivity index (χ0) is 21.2. The number of pyridine rings is 1. The fraction of sp³-hybridized carbons (Fsp3) is 0.208. The first-order valence-corrected chi connectivity index (χ1v) is 9.74.